The first-order valence-electron chi connectivity index (χ1n) is 10.2. The van der Waals surface area contributed by atoms with Gasteiger partial charge in [-0.05, 0) is 54.7 Å². The zero-order chi connectivity index (χ0) is 22.5. The van der Waals surface area contributed by atoms with Gasteiger partial charge in [0.15, 0.2) is 9.76 Å². The van der Waals surface area contributed by atoms with E-state index in [0.717, 1.165) is 5.56 Å². The average molecular weight is 443 g/mol. The van der Waals surface area contributed by atoms with Crippen molar-refractivity contribution >= 4 is 32.9 Å². The Morgan fingerprint density at radius 3 is 2.34 bits per heavy atom. The fraction of sp³-hybridized carbons (Fsp3) is 0.727. The van der Waals surface area contributed by atoms with E-state index >= 15 is 0 Å². The first-order valence-corrected chi connectivity index (χ1v) is 12.4. The zero-order valence-corrected chi connectivity index (χ0v) is 21.5. The molecule has 1 heterocycles. The number of esters is 1. The molecule has 1 rings (SSSR count). The molecular formula is C22H38O5SSi. The fourth-order valence-corrected chi connectivity index (χ4v) is 4.95. The normalized spacial score (nSPS) is 15.1. The fourth-order valence-electron chi connectivity index (χ4n) is 2.87. The monoisotopic (exact) mass is 442 g/mol. The van der Waals surface area contributed by atoms with Crippen LogP contribution < -0.4 is 0 Å². The summed E-state index contributed by atoms with van der Waals surface area (Å²) in [5, 5.41) is 13.4. The van der Waals surface area contributed by atoms with E-state index in [9.17, 15) is 14.7 Å². The number of Topliss-reactive ketones (excluding diaryl/α,β-unsaturated/α-hetero) is 1. The molecule has 0 fully saturated rings. The number of hydrogen-bond acceptors (Lipinski definition) is 6. The number of methoxy groups -OCH3 is 1. The molecule has 1 unspecified atom stereocenters. The van der Waals surface area contributed by atoms with E-state index in [2.05, 4.69) is 50.8 Å². The molecule has 0 aliphatic heterocycles. The van der Waals surface area contributed by atoms with Gasteiger partial charge in [-0.15, -0.1) is 11.3 Å². The molecule has 0 bridgehead atoms. The SMILES string of the molecule is COC(=O)CC(=O)CC(O)(CCc1csc(C(C)(C)O[SiH2]C(C)(C)C)c1)C(C)C. The highest BCUT2D eigenvalue weighted by Gasteiger charge is 2.34. The second-order valence-corrected chi connectivity index (χ2v) is 13.5. The minimum absolute atomic E-state index is 0.0391. The molecule has 5 nitrogen and oxygen atoms in total. The van der Waals surface area contributed by atoms with Crippen LogP contribution in [0.4, 0.5) is 0 Å². The Labute approximate surface area is 182 Å². The predicted octanol–water partition coefficient (Wildman–Crippen LogP) is 4.14. The van der Waals surface area contributed by atoms with Crippen molar-refractivity contribution in [3.05, 3.63) is 21.9 Å². The van der Waals surface area contributed by atoms with E-state index < -0.39 is 21.3 Å². The Kier molecular flexibility index (Phi) is 9.27. The third-order valence-corrected chi connectivity index (χ3v) is 8.12. The van der Waals surface area contributed by atoms with E-state index in [0.29, 0.717) is 12.8 Å². The Bertz CT molecular complexity index is 690. The molecule has 1 aromatic heterocycles. The standard InChI is InChI=1S/C22H38O5SSi/c1-15(2)22(25,13-17(23)12-19(24)26-8)10-9-16-11-18(28-14-16)21(6,7)27-29-20(3,4)5/h11,14-15,25H,9-10,12-13,29H2,1-8H3. The molecule has 0 aromatic carbocycles. The number of ketones is 1. The molecule has 0 saturated heterocycles. The lowest BCUT2D eigenvalue weighted by Gasteiger charge is -2.31. The molecule has 1 atom stereocenters. The molecule has 7 heteroatoms. The molecule has 166 valence electrons. The van der Waals surface area contributed by atoms with E-state index in [-0.39, 0.29) is 35.2 Å². The third kappa shape index (κ3) is 8.70. The minimum Gasteiger partial charge on any atom is -0.469 e. The Morgan fingerprint density at radius 2 is 1.83 bits per heavy atom. The van der Waals surface area contributed by atoms with Gasteiger partial charge in [-0.1, -0.05) is 34.6 Å². The summed E-state index contributed by atoms with van der Waals surface area (Å²) < 4.78 is 10.8. The summed E-state index contributed by atoms with van der Waals surface area (Å²) in [5.74, 6) is -0.954. The van der Waals surface area contributed by atoms with Crippen LogP contribution in [0.15, 0.2) is 11.4 Å². The first-order chi connectivity index (χ1) is 13.2. The molecule has 0 radical (unpaired) electrons. The van der Waals surface area contributed by atoms with E-state index in [1.165, 1.54) is 12.0 Å². The minimum atomic E-state index is -1.14. The van der Waals surface area contributed by atoms with Gasteiger partial charge in [0.25, 0.3) is 0 Å². The number of rotatable bonds is 11. The van der Waals surface area contributed by atoms with Gasteiger partial charge in [-0.3, -0.25) is 9.59 Å². The van der Waals surface area contributed by atoms with Crippen molar-refractivity contribution in [2.24, 2.45) is 5.92 Å². The van der Waals surface area contributed by atoms with Crippen molar-refractivity contribution in [2.45, 2.75) is 90.4 Å². The largest absolute Gasteiger partial charge is 0.469 e. The molecular weight excluding hydrogens is 404 g/mol. The van der Waals surface area contributed by atoms with Crippen molar-refractivity contribution < 1.29 is 23.9 Å². The lowest BCUT2D eigenvalue weighted by Crippen LogP contribution is -2.38. The summed E-state index contributed by atoms with van der Waals surface area (Å²) in [5.41, 5.74) is -0.315. The van der Waals surface area contributed by atoms with Gasteiger partial charge in [0.1, 0.15) is 12.2 Å². The van der Waals surface area contributed by atoms with Crippen LogP contribution in [0.3, 0.4) is 0 Å². The topological polar surface area (TPSA) is 72.8 Å². The van der Waals surface area contributed by atoms with Gasteiger partial charge < -0.3 is 14.3 Å². The van der Waals surface area contributed by atoms with Crippen LogP contribution in [0, 0.1) is 5.92 Å². The molecule has 29 heavy (non-hydrogen) atoms. The van der Waals surface area contributed by atoms with Crippen LogP contribution in [0.1, 0.15) is 78.2 Å². The Hall–Kier alpha value is -1.02. The van der Waals surface area contributed by atoms with Crippen LogP contribution in [-0.2, 0) is 30.8 Å². The molecule has 0 saturated carbocycles. The maximum atomic E-state index is 12.2. The number of ether oxygens (including phenoxy) is 1. The quantitative estimate of drug-likeness (QED) is 0.317. The molecule has 0 aliphatic rings. The number of carbonyl (C=O) groups is 2. The summed E-state index contributed by atoms with van der Waals surface area (Å²) >= 11 is 1.68. The second-order valence-electron chi connectivity index (χ2n) is 9.91. The van der Waals surface area contributed by atoms with Gasteiger partial charge in [-0.2, -0.15) is 0 Å². The van der Waals surface area contributed by atoms with Crippen molar-refractivity contribution in [1.29, 1.82) is 0 Å². The summed E-state index contributed by atoms with van der Waals surface area (Å²) in [6.45, 7) is 14.7. The molecule has 0 spiro atoms. The van der Waals surface area contributed by atoms with Crippen LogP contribution >= 0.6 is 11.3 Å². The maximum Gasteiger partial charge on any atom is 0.313 e. The number of aliphatic hydroxyl groups is 1. The van der Waals surface area contributed by atoms with Crippen molar-refractivity contribution in [3.8, 4) is 0 Å². The maximum absolute atomic E-state index is 12.2. The van der Waals surface area contributed by atoms with Crippen LogP contribution in [-0.4, -0.2) is 39.3 Å². The van der Waals surface area contributed by atoms with Crippen LogP contribution in [0.2, 0.25) is 5.04 Å². The van der Waals surface area contributed by atoms with Crippen molar-refractivity contribution in [3.63, 3.8) is 0 Å². The third-order valence-electron chi connectivity index (χ3n) is 5.11. The smallest absolute Gasteiger partial charge is 0.313 e. The highest BCUT2D eigenvalue weighted by molar-refractivity contribution is 7.10. The highest BCUT2D eigenvalue weighted by Crippen LogP contribution is 2.35. The zero-order valence-electron chi connectivity index (χ0n) is 19.3. The highest BCUT2D eigenvalue weighted by atomic mass is 32.1. The lowest BCUT2D eigenvalue weighted by atomic mass is 9.80. The number of aryl methyl sites for hydroxylation is 1. The Balaban J connectivity index is 2.77. The Morgan fingerprint density at radius 1 is 1.21 bits per heavy atom. The van der Waals surface area contributed by atoms with Gasteiger partial charge in [0, 0.05) is 11.3 Å². The van der Waals surface area contributed by atoms with Gasteiger partial charge in [0.2, 0.25) is 0 Å². The molecule has 1 aromatic rings. The van der Waals surface area contributed by atoms with E-state index in [1.807, 2.05) is 13.8 Å². The van der Waals surface area contributed by atoms with E-state index in [4.69, 9.17) is 4.43 Å². The van der Waals surface area contributed by atoms with Gasteiger partial charge in [-0.25, -0.2) is 0 Å². The molecule has 1 N–H and O–H groups in total. The lowest BCUT2D eigenvalue weighted by molar-refractivity contribution is -0.144. The van der Waals surface area contributed by atoms with Crippen LogP contribution in [0.25, 0.3) is 0 Å². The summed E-state index contributed by atoms with van der Waals surface area (Å²) in [7, 11) is 0.591. The average Bonchev–Trinajstić information content (AvgIpc) is 3.07. The van der Waals surface area contributed by atoms with Crippen molar-refractivity contribution in [2.75, 3.05) is 7.11 Å². The number of thiophene rings is 1. The number of hydrogen-bond donors (Lipinski definition) is 1. The first kappa shape index (κ1) is 26.0. The van der Waals surface area contributed by atoms with Crippen molar-refractivity contribution in [1.82, 2.24) is 0 Å². The second kappa shape index (κ2) is 10.3. The predicted molar refractivity (Wildman–Crippen MR) is 121 cm³/mol. The molecule has 0 amide bonds. The van der Waals surface area contributed by atoms with Crippen LogP contribution in [0.5, 0.6) is 0 Å². The summed E-state index contributed by atoms with van der Waals surface area (Å²) in [6, 6.07) is 2.15. The van der Waals surface area contributed by atoms with E-state index in [1.54, 1.807) is 11.3 Å². The number of carbonyl (C=O) groups excluding carboxylic acids is 2. The molecule has 0 aliphatic carbocycles. The summed E-state index contributed by atoms with van der Waals surface area (Å²) in [6.07, 6.45) is 0.801. The van der Waals surface area contributed by atoms with Gasteiger partial charge in [0.05, 0.1) is 18.3 Å². The summed E-state index contributed by atoms with van der Waals surface area (Å²) in [4.78, 5) is 24.7. The van der Waals surface area contributed by atoms with Gasteiger partial charge >= 0.3 is 5.97 Å².